The van der Waals surface area contributed by atoms with E-state index in [1.54, 1.807) is 5.37 Å². The van der Waals surface area contributed by atoms with Gasteiger partial charge in [-0.1, -0.05) is 80.5 Å². The largest absolute Gasteiger partial charge is 0.263 e. The fourth-order valence-corrected chi connectivity index (χ4v) is 3.93. The summed E-state index contributed by atoms with van der Waals surface area (Å²) in [6.07, 6.45) is 4.93. The quantitative estimate of drug-likeness (QED) is 0.347. The van der Waals surface area contributed by atoms with Crippen LogP contribution in [0, 0.1) is 0 Å². The summed E-state index contributed by atoms with van der Waals surface area (Å²) in [6, 6.07) is 16.6. The van der Waals surface area contributed by atoms with Crippen molar-refractivity contribution in [2.75, 3.05) is 0 Å². The fraction of sp³-hybridized carbons (Fsp3) is 0.304. The minimum absolute atomic E-state index is 0.298. The maximum absolute atomic E-state index is 5.07. The molecule has 31 heavy (non-hydrogen) atoms. The molecule has 2 aromatic carbocycles. The lowest BCUT2D eigenvalue weighted by Crippen LogP contribution is -2.02. The summed E-state index contributed by atoms with van der Waals surface area (Å²) < 4.78 is 0. The average molecular weight is 432 g/mol. The first-order valence-corrected chi connectivity index (χ1v) is 11.0. The third kappa shape index (κ3) is 5.08. The van der Waals surface area contributed by atoms with Gasteiger partial charge in [0.25, 0.3) is 0 Å². The lowest BCUT2D eigenvalue weighted by atomic mass is 9.97. The lowest BCUT2D eigenvalue weighted by molar-refractivity contribution is 0.578. The van der Waals surface area contributed by atoms with E-state index in [2.05, 4.69) is 68.1 Å². The highest BCUT2D eigenvalue weighted by Crippen LogP contribution is 2.30. The van der Waals surface area contributed by atoms with Gasteiger partial charge in [-0.25, -0.2) is 10.1 Å². The first kappa shape index (κ1) is 21.0. The van der Waals surface area contributed by atoms with Crippen LogP contribution in [0.15, 0.2) is 48.5 Å². The van der Waals surface area contributed by atoms with Crippen molar-refractivity contribution in [3.05, 3.63) is 65.7 Å². The van der Waals surface area contributed by atoms with E-state index < -0.39 is 0 Å². The lowest BCUT2D eigenvalue weighted by Gasteiger charge is -2.09. The zero-order valence-electron chi connectivity index (χ0n) is 17.5. The van der Waals surface area contributed by atoms with Crippen molar-refractivity contribution in [3.8, 4) is 22.5 Å². The van der Waals surface area contributed by atoms with Gasteiger partial charge in [0.2, 0.25) is 0 Å². The second-order valence-electron chi connectivity index (χ2n) is 7.55. The number of hydrogen-bond acceptors (Lipinski definition) is 6. The van der Waals surface area contributed by atoms with Crippen LogP contribution in [0.1, 0.15) is 55.7 Å². The molecule has 158 valence electrons. The smallest absolute Gasteiger partial charge is 0.180 e. The van der Waals surface area contributed by atoms with Crippen LogP contribution in [0.2, 0.25) is 0 Å². The number of rotatable bonds is 10. The minimum Gasteiger partial charge on any atom is -0.263 e. The van der Waals surface area contributed by atoms with Gasteiger partial charge in [-0.3, -0.25) is 5.10 Å². The van der Waals surface area contributed by atoms with Crippen LogP contribution in [-0.4, -0.2) is 41.2 Å². The van der Waals surface area contributed by atoms with Crippen LogP contribution in [-0.2, 0) is 6.42 Å². The summed E-state index contributed by atoms with van der Waals surface area (Å²) in [5, 5.41) is 23.6. The van der Waals surface area contributed by atoms with Gasteiger partial charge in [0.05, 0.1) is 0 Å². The molecule has 8 heteroatoms. The van der Waals surface area contributed by atoms with E-state index >= 15 is 0 Å². The van der Waals surface area contributed by atoms with Gasteiger partial charge >= 0.3 is 0 Å². The molecule has 0 bridgehead atoms. The van der Waals surface area contributed by atoms with Crippen molar-refractivity contribution in [1.29, 1.82) is 0 Å². The first-order chi connectivity index (χ1) is 15.3. The molecule has 0 fully saturated rings. The number of tetrazole rings is 1. The summed E-state index contributed by atoms with van der Waals surface area (Å²) in [5.74, 6) is 2.70. The van der Waals surface area contributed by atoms with Crippen LogP contribution in [0.4, 0.5) is 0 Å². The normalized spacial score (nSPS) is 12.0. The third-order valence-corrected chi connectivity index (χ3v) is 5.56. The first-order valence-electron chi connectivity index (χ1n) is 10.6. The van der Waals surface area contributed by atoms with E-state index in [4.69, 9.17) is 17.2 Å². The molecule has 0 saturated carbocycles. The molecule has 1 unspecified atom stereocenters. The molecule has 2 aromatic heterocycles. The molecular formula is C23H25N7S. The number of benzene rings is 2. The average Bonchev–Trinajstić information content (AvgIpc) is 3.50. The van der Waals surface area contributed by atoms with Gasteiger partial charge in [0, 0.05) is 17.9 Å². The van der Waals surface area contributed by atoms with Crippen molar-refractivity contribution in [2.45, 2.75) is 44.9 Å². The van der Waals surface area contributed by atoms with Gasteiger partial charge in [-0.15, -0.1) is 5.10 Å². The Labute approximate surface area is 186 Å². The maximum atomic E-state index is 5.07. The fourth-order valence-electron chi connectivity index (χ4n) is 3.70. The highest BCUT2D eigenvalue weighted by molar-refractivity contribution is 7.78. The van der Waals surface area contributed by atoms with E-state index in [1.165, 1.54) is 5.56 Å². The van der Waals surface area contributed by atoms with Crippen LogP contribution in [0.5, 0.6) is 0 Å². The highest BCUT2D eigenvalue weighted by atomic mass is 32.1. The number of unbranched alkanes of at least 4 members (excludes halogenated alkanes) is 1. The van der Waals surface area contributed by atoms with Crippen LogP contribution in [0.3, 0.4) is 0 Å². The molecule has 2 N–H and O–H groups in total. The van der Waals surface area contributed by atoms with E-state index in [9.17, 15) is 0 Å². The Kier molecular flexibility index (Phi) is 6.89. The summed E-state index contributed by atoms with van der Waals surface area (Å²) in [5.41, 5.74) is 4.32. The predicted molar refractivity (Wildman–Crippen MR) is 125 cm³/mol. The molecule has 0 aliphatic rings. The summed E-state index contributed by atoms with van der Waals surface area (Å²) in [4.78, 5) is 4.75. The van der Waals surface area contributed by atoms with Crippen molar-refractivity contribution in [3.63, 3.8) is 0 Å². The highest BCUT2D eigenvalue weighted by Gasteiger charge is 2.16. The number of nitrogens with one attached hydrogen (secondary N) is 2. The summed E-state index contributed by atoms with van der Waals surface area (Å²) in [6.45, 7) is 2.20. The van der Waals surface area contributed by atoms with E-state index in [0.717, 1.165) is 54.0 Å². The Balaban J connectivity index is 1.49. The molecule has 0 aliphatic heterocycles. The standard InChI is InChI=1S/C23H25N7S/c1-2-3-6-18(13-14-31)22-24-21(25-26-22)15-16-9-11-17(12-10-16)19-7-4-5-8-20(19)23-27-29-30-28-23/h4-5,7-12,14,18H,2-3,6,13,15H2,1H3,(H,24,25,26)(H,27,28,29,30). The summed E-state index contributed by atoms with van der Waals surface area (Å²) >= 11 is 5.07. The monoisotopic (exact) mass is 431 g/mol. The minimum atomic E-state index is 0.298. The molecule has 0 spiro atoms. The van der Waals surface area contributed by atoms with E-state index in [1.807, 2.05) is 18.2 Å². The van der Waals surface area contributed by atoms with E-state index in [0.29, 0.717) is 18.2 Å². The maximum Gasteiger partial charge on any atom is 0.180 e. The van der Waals surface area contributed by atoms with Gasteiger partial charge in [0.1, 0.15) is 5.82 Å². The van der Waals surface area contributed by atoms with Crippen molar-refractivity contribution >= 4 is 17.6 Å². The Morgan fingerprint density at radius 1 is 1.03 bits per heavy atom. The van der Waals surface area contributed by atoms with Crippen LogP contribution in [0.25, 0.3) is 22.5 Å². The number of hydrogen-bond donors (Lipinski definition) is 2. The topological polar surface area (TPSA) is 96.0 Å². The Morgan fingerprint density at radius 2 is 1.84 bits per heavy atom. The third-order valence-electron chi connectivity index (χ3n) is 5.37. The number of aromatic amines is 2. The molecule has 1 atom stereocenters. The zero-order chi connectivity index (χ0) is 21.5. The van der Waals surface area contributed by atoms with Crippen molar-refractivity contribution in [1.82, 2.24) is 35.8 Å². The van der Waals surface area contributed by atoms with Gasteiger partial charge < -0.3 is 0 Å². The summed E-state index contributed by atoms with van der Waals surface area (Å²) in [7, 11) is 0. The molecule has 4 aromatic rings. The molecule has 7 nitrogen and oxygen atoms in total. The predicted octanol–water partition coefficient (Wildman–Crippen LogP) is 4.91. The second-order valence-corrected chi connectivity index (χ2v) is 7.88. The molecule has 0 radical (unpaired) electrons. The Hall–Kier alpha value is -3.26. The van der Waals surface area contributed by atoms with E-state index in [-0.39, 0.29) is 0 Å². The number of H-pyrrole nitrogens is 2. The van der Waals surface area contributed by atoms with Crippen LogP contribution >= 0.6 is 12.2 Å². The van der Waals surface area contributed by atoms with Gasteiger partial charge in [0.15, 0.2) is 11.6 Å². The molecule has 0 aliphatic carbocycles. The van der Waals surface area contributed by atoms with Gasteiger partial charge in [-0.2, -0.15) is 5.10 Å². The molecule has 0 saturated heterocycles. The molecule has 2 heterocycles. The second kappa shape index (κ2) is 10.2. The number of aromatic nitrogens is 7. The zero-order valence-corrected chi connectivity index (χ0v) is 18.3. The number of thiocarbonyl (C=S) groups is 1. The van der Waals surface area contributed by atoms with Crippen molar-refractivity contribution < 1.29 is 0 Å². The number of nitrogens with zero attached hydrogens (tertiary/aromatic N) is 5. The Bertz CT molecular complexity index is 1100. The van der Waals surface area contributed by atoms with Crippen molar-refractivity contribution in [2.24, 2.45) is 0 Å². The molecule has 0 amide bonds. The Morgan fingerprint density at radius 3 is 2.55 bits per heavy atom. The van der Waals surface area contributed by atoms with Crippen LogP contribution < -0.4 is 0 Å². The molecular weight excluding hydrogens is 406 g/mol. The molecule has 4 rings (SSSR count). The SMILES string of the molecule is CCCCC(CC=S)c1n[nH]c(Cc2ccc(-c3ccccc3-c3nnn[nH]3)cc2)n1. The van der Waals surface area contributed by atoms with Gasteiger partial charge in [-0.05, 0) is 45.3 Å².